The summed E-state index contributed by atoms with van der Waals surface area (Å²) in [5.41, 5.74) is 1.31. The lowest BCUT2D eigenvalue weighted by molar-refractivity contribution is 0.776. The van der Waals surface area contributed by atoms with E-state index in [2.05, 4.69) is 31.7 Å². The molecule has 2 heterocycles. The number of hydrogen-bond donors (Lipinski definition) is 0. The Bertz CT molecular complexity index is 496. The largest absolute Gasteiger partial charge is 0.347 e. The number of rotatable bonds is 4. The monoisotopic (exact) mass is 265 g/mol. The van der Waals surface area contributed by atoms with E-state index < -0.39 is 0 Å². The summed E-state index contributed by atoms with van der Waals surface area (Å²) in [4.78, 5) is 10.7. The Morgan fingerprint density at radius 3 is 2.82 bits per heavy atom. The molecule has 0 aromatic carbocycles. The summed E-state index contributed by atoms with van der Waals surface area (Å²) in [7, 11) is 0. The van der Waals surface area contributed by atoms with E-state index in [1.807, 2.05) is 0 Å². The van der Waals surface area contributed by atoms with E-state index in [4.69, 9.17) is 11.6 Å². The Hall–Kier alpha value is -1.13. The van der Waals surface area contributed by atoms with Crippen LogP contribution in [0.3, 0.4) is 0 Å². The zero-order valence-corrected chi connectivity index (χ0v) is 10.8. The van der Waals surface area contributed by atoms with Crippen LogP contribution in [0.2, 0.25) is 5.15 Å². The number of hydrogen-bond acceptors (Lipinski definition) is 4. The lowest BCUT2D eigenvalue weighted by Crippen LogP contribution is -2.26. The average Bonchev–Trinajstić information content (AvgIpc) is 3.05. The molecular formula is C12H12ClN3S. The Morgan fingerprint density at radius 1 is 1.35 bits per heavy atom. The Kier molecular flexibility index (Phi) is 2.99. The summed E-state index contributed by atoms with van der Waals surface area (Å²) < 4.78 is 0. The molecule has 1 fully saturated rings. The summed E-state index contributed by atoms with van der Waals surface area (Å²) in [5, 5.41) is 4.76. The second-order valence-corrected chi connectivity index (χ2v) is 5.30. The molecule has 2 aromatic rings. The van der Waals surface area contributed by atoms with Crippen LogP contribution in [0.1, 0.15) is 18.4 Å². The fourth-order valence-electron chi connectivity index (χ4n) is 1.85. The van der Waals surface area contributed by atoms with E-state index in [1.54, 1.807) is 23.7 Å². The van der Waals surface area contributed by atoms with Gasteiger partial charge in [0.25, 0.3) is 0 Å². The van der Waals surface area contributed by atoms with Crippen LogP contribution in [0.5, 0.6) is 0 Å². The third-order valence-corrected chi connectivity index (χ3v) is 3.83. The van der Waals surface area contributed by atoms with Crippen molar-refractivity contribution in [3.63, 3.8) is 0 Å². The molecule has 0 radical (unpaired) electrons. The first kappa shape index (κ1) is 11.0. The maximum Gasteiger partial charge on any atom is 0.171 e. The minimum Gasteiger partial charge on any atom is -0.347 e. The number of anilines is 1. The normalized spacial score (nSPS) is 14.9. The summed E-state index contributed by atoms with van der Waals surface area (Å²) >= 11 is 7.84. The molecule has 5 heteroatoms. The van der Waals surface area contributed by atoms with Crippen LogP contribution >= 0.6 is 22.9 Å². The fraction of sp³-hybridized carbons (Fsp3) is 0.333. The summed E-state index contributed by atoms with van der Waals surface area (Å²) in [6, 6.07) is 2.72. The van der Waals surface area contributed by atoms with Crippen LogP contribution in [-0.2, 0) is 6.54 Å². The quantitative estimate of drug-likeness (QED) is 0.849. The Labute approximate surface area is 109 Å². The van der Waals surface area contributed by atoms with E-state index in [-0.39, 0.29) is 0 Å². The smallest absolute Gasteiger partial charge is 0.171 e. The molecule has 1 saturated carbocycles. The zero-order chi connectivity index (χ0) is 11.7. The molecule has 0 saturated heterocycles. The maximum absolute atomic E-state index is 6.12. The molecule has 0 atom stereocenters. The van der Waals surface area contributed by atoms with E-state index in [9.17, 15) is 0 Å². The number of halogens is 1. The second-order valence-electron chi connectivity index (χ2n) is 4.16. The van der Waals surface area contributed by atoms with Crippen molar-refractivity contribution in [1.82, 2.24) is 9.97 Å². The first-order chi connectivity index (χ1) is 8.34. The molecule has 3 nitrogen and oxygen atoms in total. The van der Waals surface area contributed by atoms with Gasteiger partial charge in [-0.15, -0.1) is 0 Å². The Balaban J connectivity index is 1.88. The van der Waals surface area contributed by atoms with Crippen molar-refractivity contribution in [3.8, 4) is 0 Å². The van der Waals surface area contributed by atoms with Gasteiger partial charge in [0.05, 0.1) is 0 Å². The maximum atomic E-state index is 6.12. The van der Waals surface area contributed by atoms with Gasteiger partial charge in [-0.2, -0.15) is 11.3 Å². The van der Waals surface area contributed by atoms with Gasteiger partial charge in [-0.3, -0.25) is 0 Å². The molecule has 0 N–H and O–H groups in total. The molecule has 3 rings (SSSR count). The van der Waals surface area contributed by atoms with Crippen LogP contribution in [0, 0.1) is 0 Å². The standard InChI is InChI=1S/C12H12ClN3S/c13-11-12(15-5-4-14-11)16(10-1-2-10)7-9-3-6-17-8-9/h3-6,8,10H,1-2,7H2. The summed E-state index contributed by atoms with van der Waals surface area (Å²) in [6.07, 6.45) is 5.76. The zero-order valence-electron chi connectivity index (χ0n) is 9.21. The van der Waals surface area contributed by atoms with E-state index in [0.29, 0.717) is 11.2 Å². The van der Waals surface area contributed by atoms with E-state index in [1.165, 1.54) is 18.4 Å². The van der Waals surface area contributed by atoms with Crippen molar-refractivity contribution in [2.75, 3.05) is 4.90 Å². The summed E-state index contributed by atoms with van der Waals surface area (Å²) in [5.74, 6) is 0.808. The van der Waals surface area contributed by atoms with Crippen molar-refractivity contribution < 1.29 is 0 Å². The van der Waals surface area contributed by atoms with Gasteiger partial charge in [-0.05, 0) is 35.2 Å². The van der Waals surface area contributed by atoms with Gasteiger partial charge in [-0.1, -0.05) is 11.6 Å². The third kappa shape index (κ3) is 2.42. The van der Waals surface area contributed by atoms with Gasteiger partial charge in [0, 0.05) is 25.0 Å². The molecule has 88 valence electrons. The SMILES string of the molecule is Clc1nccnc1N(Cc1ccsc1)C1CC1. The molecule has 2 aromatic heterocycles. The highest BCUT2D eigenvalue weighted by Crippen LogP contribution is 2.34. The van der Waals surface area contributed by atoms with Crippen LogP contribution < -0.4 is 4.90 Å². The van der Waals surface area contributed by atoms with Gasteiger partial charge in [0.2, 0.25) is 0 Å². The van der Waals surface area contributed by atoms with Gasteiger partial charge in [-0.25, -0.2) is 9.97 Å². The van der Waals surface area contributed by atoms with Crippen molar-refractivity contribution in [2.45, 2.75) is 25.4 Å². The first-order valence-corrected chi connectivity index (χ1v) is 6.91. The Morgan fingerprint density at radius 2 is 2.18 bits per heavy atom. The minimum absolute atomic E-state index is 0.495. The van der Waals surface area contributed by atoms with Crippen molar-refractivity contribution in [3.05, 3.63) is 39.9 Å². The van der Waals surface area contributed by atoms with Crippen molar-refractivity contribution >= 4 is 28.8 Å². The second kappa shape index (κ2) is 4.63. The molecule has 17 heavy (non-hydrogen) atoms. The molecule has 0 amide bonds. The molecule has 0 unspecified atom stereocenters. The van der Waals surface area contributed by atoms with Gasteiger partial charge >= 0.3 is 0 Å². The van der Waals surface area contributed by atoms with E-state index >= 15 is 0 Å². The topological polar surface area (TPSA) is 29.0 Å². The fourth-order valence-corrected chi connectivity index (χ4v) is 2.72. The highest BCUT2D eigenvalue weighted by Gasteiger charge is 2.31. The van der Waals surface area contributed by atoms with E-state index in [0.717, 1.165) is 12.4 Å². The lowest BCUT2D eigenvalue weighted by Gasteiger charge is -2.23. The predicted molar refractivity (Wildman–Crippen MR) is 70.6 cm³/mol. The van der Waals surface area contributed by atoms with Crippen LogP contribution in [-0.4, -0.2) is 16.0 Å². The first-order valence-electron chi connectivity index (χ1n) is 5.59. The van der Waals surface area contributed by atoms with Gasteiger partial charge < -0.3 is 4.90 Å². The number of thiophene rings is 1. The van der Waals surface area contributed by atoms with Gasteiger partial charge in [0.1, 0.15) is 0 Å². The minimum atomic E-state index is 0.495. The third-order valence-electron chi connectivity index (χ3n) is 2.83. The number of aromatic nitrogens is 2. The lowest BCUT2D eigenvalue weighted by atomic mass is 10.3. The molecule has 0 spiro atoms. The average molecular weight is 266 g/mol. The molecule has 0 aliphatic heterocycles. The number of nitrogens with zero attached hydrogens (tertiary/aromatic N) is 3. The molecule has 0 bridgehead atoms. The van der Waals surface area contributed by atoms with Crippen LogP contribution in [0.4, 0.5) is 5.82 Å². The predicted octanol–water partition coefficient (Wildman–Crippen LogP) is 3.36. The highest BCUT2D eigenvalue weighted by atomic mass is 35.5. The molecular weight excluding hydrogens is 254 g/mol. The van der Waals surface area contributed by atoms with Gasteiger partial charge in [0.15, 0.2) is 11.0 Å². The van der Waals surface area contributed by atoms with Crippen molar-refractivity contribution in [2.24, 2.45) is 0 Å². The van der Waals surface area contributed by atoms with Crippen molar-refractivity contribution in [1.29, 1.82) is 0 Å². The molecule has 1 aliphatic rings. The van der Waals surface area contributed by atoms with Crippen LogP contribution in [0.15, 0.2) is 29.2 Å². The van der Waals surface area contributed by atoms with Crippen LogP contribution in [0.25, 0.3) is 0 Å². The summed E-state index contributed by atoms with van der Waals surface area (Å²) in [6.45, 7) is 0.868. The highest BCUT2D eigenvalue weighted by molar-refractivity contribution is 7.07. The molecule has 1 aliphatic carbocycles.